The molecule has 2 aliphatic rings. The molecule has 2 saturated heterocycles. The number of methoxy groups -OCH3 is 1. The number of rotatable bonds is 7. The molecule has 0 aliphatic carbocycles. The van der Waals surface area contributed by atoms with Crippen LogP contribution in [0.4, 0.5) is 0 Å². The monoisotopic (exact) mass is 401 g/mol. The average molecular weight is 401 g/mol. The van der Waals surface area contributed by atoms with Crippen LogP contribution in [0.5, 0.6) is 0 Å². The first-order valence-electron chi connectivity index (χ1n) is 9.38. The van der Waals surface area contributed by atoms with Gasteiger partial charge in [-0.1, -0.05) is 42.0 Å². The topological polar surface area (TPSA) is 102 Å². The van der Waals surface area contributed by atoms with Crippen molar-refractivity contribution in [3.8, 4) is 0 Å². The molecule has 156 valence electrons. The van der Waals surface area contributed by atoms with E-state index >= 15 is 0 Å². The second-order valence-electron chi connectivity index (χ2n) is 7.01. The fourth-order valence-corrected chi connectivity index (χ4v) is 3.28. The van der Waals surface area contributed by atoms with Crippen molar-refractivity contribution in [2.75, 3.05) is 13.7 Å². The van der Waals surface area contributed by atoms with E-state index in [0.29, 0.717) is 17.8 Å². The van der Waals surface area contributed by atoms with Gasteiger partial charge in [0.25, 0.3) is 0 Å². The Balaban J connectivity index is 1.99. The molecule has 0 aromatic carbocycles. The number of ether oxygens (including phenoxy) is 2. The van der Waals surface area contributed by atoms with Crippen LogP contribution in [0.2, 0.25) is 0 Å². The number of aliphatic hydroxyl groups is 1. The van der Waals surface area contributed by atoms with Crippen LogP contribution in [0.1, 0.15) is 27.2 Å². The number of allylic oxidation sites excluding steroid dienone is 8. The number of ketones is 1. The van der Waals surface area contributed by atoms with Crippen molar-refractivity contribution in [3.05, 3.63) is 59.3 Å². The van der Waals surface area contributed by atoms with Crippen LogP contribution in [-0.2, 0) is 23.9 Å². The third-order valence-electron chi connectivity index (χ3n) is 4.89. The molecule has 2 N–H and O–H groups in total. The number of amides is 1. The minimum atomic E-state index is -1.45. The molecule has 0 spiro atoms. The summed E-state index contributed by atoms with van der Waals surface area (Å²) in [6.45, 7) is 5.53. The molecule has 0 radical (unpaired) electrons. The largest absolute Gasteiger partial charge is 0.465 e. The van der Waals surface area contributed by atoms with Gasteiger partial charge in [0, 0.05) is 6.42 Å². The Morgan fingerprint density at radius 3 is 2.66 bits per heavy atom. The Labute approximate surface area is 170 Å². The quantitative estimate of drug-likeness (QED) is 0.292. The number of hydrogen-bond acceptors (Lipinski definition) is 6. The zero-order valence-electron chi connectivity index (χ0n) is 17.1. The number of fused-ring (bicyclic) bond motifs is 1. The molecule has 2 aliphatic heterocycles. The molecule has 1 unspecified atom stereocenters. The van der Waals surface area contributed by atoms with Gasteiger partial charge in [0.1, 0.15) is 12.0 Å². The van der Waals surface area contributed by atoms with Gasteiger partial charge in [0.15, 0.2) is 11.5 Å². The first-order valence-corrected chi connectivity index (χ1v) is 9.38. The predicted octanol–water partition coefficient (Wildman–Crippen LogP) is 1.90. The van der Waals surface area contributed by atoms with Crippen LogP contribution in [0.15, 0.2) is 59.3 Å². The molecule has 0 aromatic rings. The summed E-state index contributed by atoms with van der Waals surface area (Å²) in [4.78, 5) is 36.3. The summed E-state index contributed by atoms with van der Waals surface area (Å²) in [6.07, 6.45) is 11.4. The highest BCUT2D eigenvalue weighted by molar-refractivity contribution is 6.11. The lowest BCUT2D eigenvalue weighted by molar-refractivity contribution is -0.136. The summed E-state index contributed by atoms with van der Waals surface area (Å²) in [7, 11) is 1.33. The number of carbonyl (C=O) groups excluding carboxylic acids is 3. The number of esters is 1. The van der Waals surface area contributed by atoms with Crippen LogP contribution in [-0.4, -0.2) is 48.3 Å². The van der Waals surface area contributed by atoms with E-state index in [4.69, 9.17) is 9.47 Å². The highest BCUT2D eigenvalue weighted by atomic mass is 16.5. The maximum absolute atomic E-state index is 12.6. The third kappa shape index (κ3) is 5.19. The number of nitrogens with one attached hydrogen (secondary N) is 1. The van der Waals surface area contributed by atoms with Crippen LogP contribution in [0, 0.1) is 5.92 Å². The normalized spacial score (nSPS) is 28.2. The molecule has 1 amide bonds. The summed E-state index contributed by atoms with van der Waals surface area (Å²) in [5.74, 6) is -2.32. The van der Waals surface area contributed by atoms with Gasteiger partial charge in [-0.25, -0.2) is 4.79 Å². The maximum Gasteiger partial charge on any atom is 0.337 e. The maximum atomic E-state index is 12.6. The van der Waals surface area contributed by atoms with Gasteiger partial charge in [-0.05, 0) is 32.4 Å². The van der Waals surface area contributed by atoms with Gasteiger partial charge >= 0.3 is 5.97 Å². The van der Waals surface area contributed by atoms with E-state index < -0.39 is 29.6 Å². The van der Waals surface area contributed by atoms with Crippen molar-refractivity contribution >= 4 is 17.7 Å². The van der Waals surface area contributed by atoms with E-state index in [0.717, 1.165) is 5.57 Å². The lowest BCUT2D eigenvalue weighted by Gasteiger charge is -2.21. The minimum absolute atomic E-state index is 0.276. The molecule has 2 rings (SSSR count). The fraction of sp³-hybridized carbons (Fsp3) is 0.409. The van der Waals surface area contributed by atoms with Gasteiger partial charge in [0.2, 0.25) is 5.91 Å². The number of carbonyl (C=O) groups is 3. The van der Waals surface area contributed by atoms with Crippen LogP contribution < -0.4 is 5.32 Å². The summed E-state index contributed by atoms with van der Waals surface area (Å²) >= 11 is 0. The average Bonchev–Trinajstić information content (AvgIpc) is 3.16. The van der Waals surface area contributed by atoms with Crippen LogP contribution in [0.25, 0.3) is 0 Å². The number of Topliss-reactive ketones (excluding diaryl/α,β-unsaturated/α-hetero) is 1. The molecule has 7 heteroatoms. The standard InChI is InChI=1S/C22H27NO6/c1-5-16(21(26)28-4)13-14(2)9-7-6-8-10-15(3)18(24)17-19-22(27,11-12-29-19)23-20(17)25/h5-10,13,17,19,27H,11-12H2,1-4H3,(H,23,25)/b8-6-,9-7+,14-13+,15-10+,16-5+/t17?,19-,22+/m1/s1. The van der Waals surface area contributed by atoms with Crippen molar-refractivity contribution in [1.82, 2.24) is 5.32 Å². The molecule has 29 heavy (non-hydrogen) atoms. The van der Waals surface area contributed by atoms with Crippen molar-refractivity contribution in [3.63, 3.8) is 0 Å². The van der Waals surface area contributed by atoms with Gasteiger partial charge in [-0.2, -0.15) is 0 Å². The Bertz CT molecular complexity index is 832. The predicted molar refractivity (Wildman–Crippen MR) is 108 cm³/mol. The molecule has 0 saturated carbocycles. The van der Waals surface area contributed by atoms with E-state index in [1.807, 2.05) is 13.0 Å². The van der Waals surface area contributed by atoms with Gasteiger partial charge in [-0.3, -0.25) is 9.59 Å². The van der Waals surface area contributed by atoms with E-state index in [1.54, 1.807) is 50.3 Å². The molecule has 2 fully saturated rings. The van der Waals surface area contributed by atoms with E-state index in [1.165, 1.54) is 7.11 Å². The fourth-order valence-electron chi connectivity index (χ4n) is 3.28. The lowest BCUT2D eigenvalue weighted by atomic mass is 9.91. The zero-order chi connectivity index (χ0) is 21.6. The minimum Gasteiger partial charge on any atom is -0.465 e. The first-order chi connectivity index (χ1) is 13.7. The summed E-state index contributed by atoms with van der Waals surface area (Å²) < 4.78 is 10.1. The zero-order valence-corrected chi connectivity index (χ0v) is 17.1. The molecule has 0 aromatic heterocycles. The van der Waals surface area contributed by atoms with Crippen molar-refractivity contribution in [2.45, 2.75) is 39.0 Å². The van der Waals surface area contributed by atoms with E-state index in [-0.39, 0.29) is 12.2 Å². The second-order valence-corrected chi connectivity index (χ2v) is 7.01. The summed E-state index contributed by atoms with van der Waals surface area (Å²) in [5.41, 5.74) is 0.258. The van der Waals surface area contributed by atoms with Gasteiger partial charge < -0.3 is 19.9 Å². The third-order valence-corrected chi connectivity index (χ3v) is 4.89. The second kappa shape index (κ2) is 9.62. The molecule has 0 bridgehead atoms. The SMILES string of the molecule is C\C=C(/C=C(C)/C=C/C=C\C=C(/C)C(=O)C1C(=O)N[C@]2(O)CCO[C@H]12)C(=O)OC. The first kappa shape index (κ1) is 22.5. The number of hydrogen-bond donors (Lipinski definition) is 2. The van der Waals surface area contributed by atoms with E-state index in [9.17, 15) is 19.5 Å². The Morgan fingerprint density at radius 1 is 1.28 bits per heavy atom. The molecule has 7 nitrogen and oxygen atoms in total. The lowest BCUT2D eigenvalue weighted by Crippen LogP contribution is -2.45. The van der Waals surface area contributed by atoms with Crippen molar-refractivity contribution < 1.29 is 29.0 Å². The Kier molecular flexibility index (Phi) is 7.47. The van der Waals surface area contributed by atoms with Gasteiger partial charge in [0.05, 0.1) is 19.3 Å². The van der Waals surface area contributed by atoms with E-state index in [2.05, 4.69) is 5.32 Å². The van der Waals surface area contributed by atoms with Crippen LogP contribution in [0.3, 0.4) is 0 Å². The Hall–Kier alpha value is -2.77. The molecule has 2 heterocycles. The Morgan fingerprint density at radius 2 is 2.00 bits per heavy atom. The highest BCUT2D eigenvalue weighted by Crippen LogP contribution is 2.36. The smallest absolute Gasteiger partial charge is 0.337 e. The van der Waals surface area contributed by atoms with Gasteiger partial charge in [-0.15, -0.1) is 0 Å². The summed E-state index contributed by atoms with van der Waals surface area (Å²) in [5, 5.41) is 12.8. The van der Waals surface area contributed by atoms with Crippen molar-refractivity contribution in [2.24, 2.45) is 5.92 Å². The highest BCUT2D eigenvalue weighted by Gasteiger charge is 2.58. The summed E-state index contributed by atoms with van der Waals surface area (Å²) in [6, 6.07) is 0. The molecular formula is C22H27NO6. The van der Waals surface area contributed by atoms with Crippen LogP contribution >= 0.6 is 0 Å². The van der Waals surface area contributed by atoms with Crippen molar-refractivity contribution in [1.29, 1.82) is 0 Å². The molecule has 3 atom stereocenters. The molecular weight excluding hydrogens is 374 g/mol.